The first-order valence-electron chi connectivity index (χ1n) is 7.75. The Labute approximate surface area is 136 Å². The molecule has 1 amide bonds. The molecule has 1 aromatic heterocycles. The summed E-state index contributed by atoms with van der Waals surface area (Å²) in [5.74, 6) is 0.672. The maximum absolute atomic E-state index is 12.4. The van der Waals surface area contributed by atoms with Gasteiger partial charge in [0, 0.05) is 38.9 Å². The number of anilines is 2. The highest BCUT2D eigenvalue weighted by Crippen LogP contribution is 2.20. The molecular weight excluding hydrogens is 290 g/mol. The van der Waals surface area contributed by atoms with E-state index in [0.29, 0.717) is 11.5 Å². The standard InChI is InChI=1S/C17H21N5O/c1-20-10-12-22(13-11-20)17(23)15-8-9-16(19-18-15)21(2)14-6-4-3-5-7-14/h3-9H,10-13H2,1-2H3. The van der Waals surface area contributed by atoms with E-state index < -0.39 is 0 Å². The number of hydrogen-bond acceptors (Lipinski definition) is 5. The van der Waals surface area contributed by atoms with Crippen LogP contribution in [0.1, 0.15) is 10.5 Å². The number of amides is 1. The predicted molar refractivity (Wildman–Crippen MR) is 89.9 cm³/mol. The van der Waals surface area contributed by atoms with E-state index in [1.54, 1.807) is 6.07 Å². The topological polar surface area (TPSA) is 52.6 Å². The largest absolute Gasteiger partial charge is 0.335 e. The van der Waals surface area contributed by atoms with Gasteiger partial charge in [-0.2, -0.15) is 0 Å². The molecule has 0 atom stereocenters. The summed E-state index contributed by atoms with van der Waals surface area (Å²) in [5.41, 5.74) is 1.43. The molecular formula is C17H21N5O. The fourth-order valence-corrected chi connectivity index (χ4v) is 2.57. The smallest absolute Gasteiger partial charge is 0.274 e. The van der Waals surface area contributed by atoms with Crippen molar-refractivity contribution in [2.24, 2.45) is 0 Å². The highest BCUT2D eigenvalue weighted by molar-refractivity contribution is 5.92. The second-order valence-electron chi connectivity index (χ2n) is 5.77. The number of likely N-dealkylation sites (N-methyl/N-ethyl adjacent to an activating group) is 1. The normalized spacial score (nSPS) is 15.5. The first kappa shape index (κ1) is 15.4. The van der Waals surface area contributed by atoms with E-state index in [1.807, 2.05) is 53.2 Å². The lowest BCUT2D eigenvalue weighted by Gasteiger charge is -2.32. The first-order chi connectivity index (χ1) is 11.1. The Balaban J connectivity index is 1.71. The van der Waals surface area contributed by atoms with Crippen LogP contribution in [-0.2, 0) is 0 Å². The van der Waals surface area contributed by atoms with Crippen molar-refractivity contribution < 1.29 is 4.79 Å². The zero-order chi connectivity index (χ0) is 16.2. The molecule has 1 fully saturated rings. The van der Waals surface area contributed by atoms with Crippen molar-refractivity contribution in [2.75, 3.05) is 45.2 Å². The van der Waals surface area contributed by atoms with E-state index in [2.05, 4.69) is 22.1 Å². The zero-order valence-corrected chi connectivity index (χ0v) is 13.5. The third kappa shape index (κ3) is 3.48. The second kappa shape index (κ2) is 6.75. The van der Waals surface area contributed by atoms with E-state index in [9.17, 15) is 4.79 Å². The highest BCUT2D eigenvalue weighted by atomic mass is 16.2. The van der Waals surface area contributed by atoms with Crippen molar-refractivity contribution >= 4 is 17.4 Å². The molecule has 1 aliphatic heterocycles. The molecule has 0 saturated carbocycles. The summed E-state index contributed by atoms with van der Waals surface area (Å²) in [7, 11) is 4.00. The average molecular weight is 311 g/mol. The molecule has 120 valence electrons. The highest BCUT2D eigenvalue weighted by Gasteiger charge is 2.21. The lowest BCUT2D eigenvalue weighted by atomic mass is 10.2. The molecule has 2 heterocycles. The number of rotatable bonds is 3. The van der Waals surface area contributed by atoms with Crippen molar-refractivity contribution in [1.82, 2.24) is 20.0 Å². The van der Waals surface area contributed by atoms with Gasteiger partial charge in [0.05, 0.1) is 0 Å². The lowest BCUT2D eigenvalue weighted by molar-refractivity contribution is 0.0657. The van der Waals surface area contributed by atoms with Gasteiger partial charge in [-0.25, -0.2) is 0 Å². The van der Waals surface area contributed by atoms with Crippen LogP contribution in [0.3, 0.4) is 0 Å². The van der Waals surface area contributed by atoms with E-state index in [4.69, 9.17) is 0 Å². The number of piperazine rings is 1. The summed E-state index contributed by atoms with van der Waals surface area (Å²) in [6.45, 7) is 3.27. The van der Waals surface area contributed by atoms with E-state index in [-0.39, 0.29) is 5.91 Å². The Hall–Kier alpha value is -2.47. The van der Waals surface area contributed by atoms with E-state index >= 15 is 0 Å². The molecule has 3 rings (SSSR count). The van der Waals surface area contributed by atoms with Crippen LogP contribution in [0.5, 0.6) is 0 Å². The van der Waals surface area contributed by atoms with Gasteiger partial charge in [-0.1, -0.05) is 18.2 Å². The predicted octanol–water partition coefficient (Wildman–Crippen LogP) is 1.63. The van der Waals surface area contributed by atoms with Crippen molar-refractivity contribution in [1.29, 1.82) is 0 Å². The number of benzene rings is 1. The molecule has 0 N–H and O–H groups in total. The third-order valence-corrected chi connectivity index (χ3v) is 4.15. The molecule has 1 aromatic carbocycles. The van der Waals surface area contributed by atoms with Gasteiger partial charge in [-0.15, -0.1) is 10.2 Å². The molecule has 23 heavy (non-hydrogen) atoms. The lowest BCUT2D eigenvalue weighted by Crippen LogP contribution is -2.47. The van der Waals surface area contributed by atoms with Crippen LogP contribution in [0.2, 0.25) is 0 Å². The summed E-state index contributed by atoms with van der Waals surface area (Å²) in [4.78, 5) is 18.4. The first-order valence-corrected chi connectivity index (χ1v) is 7.75. The van der Waals surface area contributed by atoms with E-state index in [1.165, 1.54) is 0 Å². The van der Waals surface area contributed by atoms with Gasteiger partial charge in [0.2, 0.25) is 0 Å². The Morgan fingerprint density at radius 2 is 1.70 bits per heavy atom. The van der Waals surface area contributed by atoms with Gasteiger partial charge in [0.25, 0.3) is 5.91 Å². The minimum atomic E-state index is -0.0421. The molecule has 6 nitrogen and oxygen atoms in total. The van der Waals surface area contributed by atoms with Gasteiger partial charge in [-0.3, -0.25) is 4.79 Å². The SMILES string of the molecule is CN1CCN(C(=O)c2ccc(N(C)c3ccccc3)nn2)CC1. The molecule has 0 aliphatic carbocycles. The summed E-state index contributed by atoms with van der Waals surface area (Å²) in [5, 5.41) is 8.33. The molecule has 0 radical (unpaired) electrons. The fourth-order valence-electron chi connectivity index (χ4n) is 2.57. The van der Waals surface area contributed by atoms with Crippen LogP contribution >= 0.6 is 0 Å². The molecule has 1 aliphatic rings. The number of carbonyl (C=O) groups is 1. The van der Waals surface area contributed by atoms with E-state index in [0.717, 1.165) is 31.9 Å². The number of aromatic nitrogens is 2. The quantitative estimate of drug-likeness (QED) is 0.862. The molecule has 0 unspecified atom stereocenters. The second-order valence-corrected chi connectivity index (χ2v) is 5.77. The van der Waals surface area contributed by atoms with Gasteiger partial charge in [0.1, 0.15) is 0 Å². The van der Waals surface area contributed by atoms with Gasteiger partial charge in [0.15, 0.2) is 11.5 Å². The summed E-state index contributed by atoms with van der Waals surface area (Å²) in [6.07, 6.45) is 0. The number of carbonyl (C=O) groups excluding carboxylic acids is 1. The van der Waals surface area contributed by atoms with Crippen molar-refractivity contribution in [2.45, 2.75) is 0 Å². The minimum absolute atomic E-state index is 0.0421. The molecule has 6 heteroatoms. The third-order valence-electron chi connectivity index (χ3n) is 4.15. The number of hydrogen-bond donors (Lipinski definition) is 0. The van der Waals surface area contributed by atoms with Gasteiger partial charge < -0.3 is 14.7 Å². The molecule has 0 bridgehead atoms. The van der Waals surface area contributed by atoms with Crippen LogP contribution in [-0.4, -0.2) is 66.2 Å². The van der Waals surface area contributed by atoms with Crippen LogP contribution in [0, 0.1) is 0 Å². The van der Waals surface area contributed by atoms with Crippen LogP contribution in [0.25, 0.3) is 0 Å². The van der Waals surface area contributed by atoms with Gasteiger partial charge in [-0.05, 0) is 31.3 Å². The van der Waals surface area contributed by atoms with Crippen LogP contribution in [0.4, 0.5) is 11.5 Å². The summed E-state index contributed by atoms with van der Waals surface area (Å²) < 4.78 is 0. The molecule has 0 spiro atoms. The van der Waals surface area contributed by atoms with Crippen molar-refractivity contribution in [3.8, 4) is 0 Å². The monoisotopic (exact) mass is 311 g/mol. The molecule has 1 saturated heterocycles. The van der Waals surface area contributed by atoms with Gasteiger partial charge >= 0.3 is 0 Å². The maximum atomic E-state index is 12.4. The fraction of sp³-hybridized carbons (Fsp3) is 0.353. The van der Waals surface area contributed by atoms with Crippen LogP contribution < -0.4 is 4.90 Å². The molecule has 2 aromatic rings. The minimum Gasteiger partial charge on any atom is -0.335 e. The Kier molecular flexibility index (Phi) is 4.52. The number of para-hydroxylation sites is 1. The zero-order valence-electron chi connectivity index (χ0n) is 13.5. The Morgan fingerprint density at radius 3 is 2.30 bits per heavy atom. The number of nitrogens with zero attached hydrogens (tertiary/aromatic N) is 5. The average Bonchev–Trinajstić information content (AvgIpc) is 2.62. The summed E-state index contributed by atoms with van der Waals surface area (Å²) in [6, 6.07) is 13.5. The Bertz CT molecular complexity index is 650. The summed E-state index contributed by atoms with van der Waals surface area (Å²) >= 11 is 0. The van der Waals surface area contributed by atoms with Crippen LogP contribution in [0.15, 0.2) is 42.5 Å². The van der Waals surface area contributed by atoms with Crippen molar-refractivity contribution in [3.63, 3.8) is 0 Å². The maximum Gasteiger partial charge on any atom is 0.274 e. The van der Waals surface area contributed by atoms with Crippen molar-refractivity contribution in [3.05, 3.63) is 48.2 Å². The Morgan fingerprint density at radius 1 is 1.00 bits per heavy atom.